The van der Waals surface area contributed by atoms with E-state index in [0.29, 0.717) is 32.1 Å². The molecule has 18 heavy (non-hydrogen) atoms. The molecule has 0 saturated heterocycles. The normalized spacial score (nSPS) is 49.1. The van der Waals surface area contributed by atoms with Gasteiger partial charge in [0.2, 0.25) is 0 Å². The maximum Gasteiger partial charge on any atom is 0.312 e. The van der Waals surface area contributed by atoms with Crippen LogP contribution in [-0.4, -0.2) is 33.0 Å². The van der Waals surface area contributed by atoms with E-state index in [9.17, 15) is 15.0 Å². The second-order valence-electron chi connectivity index (χ2n) is 7.22. The van der Waals surface area contributed by atoms with Gasteiger partial charge >= 0.3 is 5.97 Å². The molecule has 4 unspecified atom stereocenters. The minimum atomic E-state index is -0.994. The van der Waals surface area contributed by atoms with Crippen molar-refractivity contribution in [2.75, 3.05) is 0 Å². The van der Waals surface area contributed by atoms with Gasteiger partial charge in [0.15, 0.2) is 0 Å². The van der Waals surface area contributed by atoms with Gasteiger partial charge in [0.1, 0.15) is 11.2 Å². The standard InChI is InChI=1S/C14H22O4/c1-4-11(2,3)10(15)18-14-6-9-5-13(14,17)7-12(9,16)8-14/h9,16-17H,4-8H2,1-3H3. The van der Waals surface area contributed by atoms with Crippen LogP contribution >= 0.6 is 0 Å². The van der Waals surface area contributed by atoms with Crippen LogP contribution in [-0.2, 0) is 9.53 Å². The van der Waals surface area contributed by atoms with Crippen LogP contribution in [0.2, 0.25) is 0 Å². The van der Waals surface area contributed by atoms with Crippen LogP contribution in [0.1, 0.15) is 52.9 Å². The summed E-state index contributed by atoms with van der Waals surface area (Å²) in [5.41, 5.74) is -3.15. The minimum absolute atomic E-state index is 0.0973. The van der Waals surface area contributed by atoms with Gasteiger partial charge in [0.05, 0.1) is 11.0 Å². The number of hydrogen-bond acceptors (Lipinski definition) is 4. The van der Waals surface area contributed by atoms with Crippen molar-refractivity contribution in [2.45, 2.75) is 69.7 Å². The lowest BCUT2D eigenvalue weighted by Gasteiger charge is -2.37. The number of esters is 1. The summed E-state index contributed by atoms with van der Waals surface area (Å²) in [7, 11) is 0. The molecule has 0 aromatic heterocycles. The summed E-state index contributed by atoms with van der Waals surface area (Å²) in [5.74, 6) is -0.157. The Morgan fingerprint density at radius 2 is 2.00 bits per heavy atom. The van der Waals surface area contributed by atoms with Crippen molar-refractivity contribution < 1.29 is 19.7 Å². The fourth-order valence-corrected chi connectivity index (χ4v) is 4.09. The molecule has 4 aliphatic rings. The summed E-state index contributed by atoms with van der Waals surface area (Å²) in [5, 5.41) is 21.0. The largest absolute Gasteiger partial charge is 0.455 e. The third kappa shape index (κ3) is 1.26. The monoisotopic (exact) mass is 254 g/mol. The van der Waals surface area contributed by atoms with Crippen molar-refractivity contribution in [3.63, 3.8) is 0 Å². The van der Waals surface area contributed by atoms with E-state index in [2.05, 4.69) is 0 Å². The van der Waals surface area contributed by atoms with Crippen molar-refractivity contribution >= 4 is 5.97 Å². The minimum Gasteiger partial charge on any atom is -0.455 e. The molecule has 4 nitrogen and oxygen atoms in total. The number of hydrogen-bond donors (Lipinski definition) is 2. The topological polar surface area (TPSA) is 66.8 Å². The van der Waals surface area contributed by atoms with E-state index in [1.54, 1.807) is 0 Å². The fourth-order valence-electron chi connectivity index (χ4n) is 4.09. The summed E-state index contributed by atoms with van der Waals surface area (Å²) in [4.78, 5) is 12.2. The number of rotatable bonds is 3. The SMILES string of the molecule is CCC(C)(C)C(=O)OC12CC3CC1(O)CC3(O)C2. The lowest BCUT2D eigenvalue weighted by atomic mass is 9.87. The molecule has 4 atom stereocenters. The van der Waals surface area contributed by atoms with Crippen LogP contribution in [0.15, 0.2) is 0 Å². The molecule has 0 radical (unpaired) electrons. The summed E-state index contributed by atoms with van der Waals surface area (Å²) in [6.07, 6.45) is 2.67. The van der Waals surface area contributed by atoms with E-state index in [-0.39, 0.29) is 11.9 Å². The lowest BCUT2D eigenvalue weighted by molar-refractivity contribution is -0.190. The molecule has 4 heteroatoms. The number of aliphatic hydroxyl groups is 2. The number of ether oxygens (including phenoxy) is 1. The maximum absolute atomic E-state index is 12.2. The Bertz CT molecular complexity index is 418. The molecule has 4 aliphatic carbocycles. The number of carbonyl (C=O) groups excluding carboxylic acids is 1. The second kappa shape index (κ2) is 3.10. The Labute approximate surface area is 107 Å². The van der Waals surface area contributed by atoms with Gasteiger partial charge in [-0.3, -0.25) is 4.79 Å². The summed E-state index contributed by atoms with van der Waals surface area (Å²) in [6, 6.07) is 0. The first-order chi connectivity index (χ1) is 8.16. The van der Waals surface area contributed by atoms with Crippen molar-refractivity contribution in [1.82, 2.24) is 0 Å². The molecule has 4 saturated carbocycles. The predicted molar refractivity (Wildman–Crippen MR) is 64.8 cm³/mol. The Morgan fingerprint density at radius 1 is 1.33 bits per heavy atom. The van der Waals surface area contributed by atoms with Crippen molar-refractivity contribution in [3.8, 4) is 0 Å². The zero-order valence-electron chi connectivity index (χ0n) is 11.3. The fraction of sp³-hybridized carbons (Fsp3) is 0.929. The molecule has 102 valence electrons. The molecule has 0 aromatic rings. The number of carbonyl (C=O) groups is 1. The molecular formula is C14H22O4. The summed E-state index contributed by atoms with van der Waals surface area (Å²) in [6.45, 7) is 5.67. The Kier molecular flexibility index (Phi) is 2.14. The quantitative estimate of drug-likeness (QED) is 0.747. The van der Waals surface area contributed by atoms with Gasteiger partial charge in [-0.25, -0.2) is 0 Å². The smallest absolute Gasteiger partial charge is 0.312 e. The zero-order chi connectivity index (χ0) is 13.4. The van der Waals surface area contributed by atoms with E-state index in [4.69, 9.17) is 4.74 Å². The van der Waals surface area contributed by atoms with Gasteiger partial charge in [-0.15, -0.1) is 0 Å². The van der Waals surface area contributed by atoms with Gasteiger partial charge in [-0.1, -0.05) is 6.92 Å². The van der Waals surface area contributed by atoms with E-state index >= 15 is 0 Å². The average molecular weight is 254 g/mol. The zero-order valence-corrected chi connectivity index (χ0v) is 11.3. The first kappa shape index (κ1) is 12.4. The highest BCUT2D eigenvalue weighted by atomic mass is 16.6. The summed E-state index contributed by atoms with van der Waals surface area (Å²) >= 11 is 0. The van der Waals surface area contributed by atoms with Crippen molar-refractivity contribution in [2.24, 2.45) is 11.3 Å². The van der Waals surface area contributed by atoms with Crippen LogP contribution in [0.25, 0.3) is 0 Å². The van der Waals surface area contributed by atoms with Crippen LogP contribution in [0.5, 0.6) is 0 Å². The molecule has 0 spiro atoms. The summed E-state index contributed by atoms with van der Waals surface area (Å²) < 4.78 is 5.72. The van der Waals surface area contributed by atoms with E-state index < -0.39 is 22.2 Å². The second-order valence-corrected chi connectivity index (χ2v) is 7.22. The van der Waals surface area contributed by atoms with Crippen molar-refractivity contribution in [1.29, 1.82) is 0 Å². The average Bonchev–Trinajstić information content (AvgIpc) is 2.80. The van der Waals surface area contributed by atoms with Gasteiger partial charge < -0.3 is 14.9 Å². The van der Waals surface area contributed by atoms with E-state index in [1.807, 2.05) is 20.8 Å². The molecule has 0 heterocycles. The van der Waals surface area contributed by atoms with E-state index in [1.165, 1.54) is 0 Å². The Morgan fingerprint density at radius 3 is 2.33 bits per heavy atom. The van der Waals surface area contributed by atoms with Crippen LogP contribution in [0.4, 0.5) is 0 Å². The molecule has 0 amide bonds. The maximum atomic E-state index is 12.2. The highest BCUT2D eigenvalue weighted by Crippen LogP contribution is 2.70. The predicted octanol–water partition coefficient (Wildman–Crippen LogP) is 1.38. The third-order valence-corrected chi connectivity index (χ3v) is 5.68. The van der Waals surface area contributed by atoms with Gasteiger partial charge in [0, 0.05) is 12.8 Å². The van der Waals surface area contributed by atoms with Crippen molar-refractivity contribution in [3.05, 3.63) is 0 Å². The van der Waals surface area contributed by atoms with Crippen LogP contribution in [0.3, 0.4) is 0 Å². The van der Waals surface area contributed by atoms with Gasteiger partial charge in [0.25, 0.3) is 0 Å². The molecule has 2 N–H and O–H groups in total. The molecule has 0 aromatic carbocycles. The highest BCUT2D eigenvalue weighted by Gasteiger charge is 2.80. The first-order valence-electron chi connectivity index (χ1n) is 6.85. The molecule has 4 rings (SSSR count). The first-order valence-corrected chi connectivity index (χ1v) is 6.85. The van der Waals surface area contributed by atoms with Crippen LogP contribution < -0.4 is 0 Å². The van der Waals surface area contributed by atoms with E-state index in [0.717, 1.165) is 0 Å². The highest BCUT2D eigenvalue weighted by molar-refractivity contribution is 5.76. The van der Waals surface area contributed by atoms with Gasteiger partial charge in [-0.05, 0) is 39.0 Å². The Hall–Kier alpha value is -0.610. The van der Waals surface area contributed by atoms with Gasteiger partial charge in [-0.2, -0.15) is 0 Å². The van der Waals surface area contributed by atoms with Crippen LogP contribution in [0, 0.1) is 11.3 Å². The lowest BCUT2D eigenvalue weighted by Crippen LogP contribution is -2.50. The third-order valence-electron chi connectivity index (χ3n) is 5.68. The molecular weight excluding hydrogens is 232 g/mol. The molecule has 0 aliphatic heterocycles. The molecule has 4 bridgehead atoms. The Balaban J connectivity index is 1.85. The molecule has 4 fully saturated rings.